The predicted octanol–water partition coefficient (Wildman–Crippen LogP) is 1.06. The van der Waals surface area contributed by atoms with Gasteiger partial charge in [0, 0.05) is 24.3 Å². The number of nitrogens with two attached hydrogens (primary N) is 2. The molecule has 0 saturated carbocycles. The van der Waals surface area contributed by atoms with E-state index in [0.29, 0.717) is 0 Å². The first-order valence-electron chi connectivity index (χ1n) is 3.94. The van der Waals surface area contributed by atoms with E-state index in [1.165, 1.54) is 12.1 Å². The Morgan fingerprint density at radius 1 is 1.43 bits per heavy atom. The van der Waals surface area contributed by atoms with Crippen molar-refractivity contribution in [2.45, 2.75) is 12.2 Å². The average molecular weight is 205 g/mol. The number of aromatic nitrogens is 1. The molecule has 1 rings (SSSR count). The van der Waals surface area contributed by atoms with Gasteiger partial charge >= 0.3 is 6.18 Å². The van der Waals surface area contributed by atoms with Crippen molar-refractivity contribution in [2.24, 2.45) is 11.5 Å². The zero-order valence-corrected chi connectivity index (χ0v) is 7.25. The van der Waals surface area contributed by atoms with E-state index < -0.39 is 17.9 Å². The number of halogens is 3. The molecule has 6 heteroatoms. The third-order valence-electron chi connectivity index (χ3n) is 1.76. The second-order valence-electron chi connectivity index (χ2n) is 2.78. The van der Waals surface area contributed by atoms with Gasteiger partial charge in [-0.2, -0.15) is 13.2 Å². The largest absolute Gasteiger partial charge is 0.433 e. The van der Waals surface area contributed by atoms with Crippen LogP contribution in [0.4, 0.5) is 13.2 Å². The second kappa shape index (κ2) is 3.93. The molecule has 0 amide bonds. The van der Waals surface area contributed by atoms with Crippen molar-refractivity contribution in [2.75, 3.05) is 6.54 Å². The number of hydrogen-bond donors (Lipinski definition) is 2. The molecule has 3 nitrogen and oxygen atoms in total. The first-order valence-corrected chi connectivity index (χ1v) is 3.94. The molecule has 0 unspecified atom stereocenters. The monoisotopic (exact) mass is 205 g/mol. The summed E-state index contributed by atoms with van der Waals surface area (Å²) in [5.41, 5.74) is 9.60. The summed E-state index contributed by atoms with van der Waals surface area (Å²) in [6, 6.07) is 1.85. The lowest BCUT2D eigenvalue weighted by Crippen LogP contribution is -2.25. The highest BCUT2D eigenvalue weighted by Gasteiger charge is 2.36. The van der Waals surface area contributed by atoms with Gasteiger partial charge in [0.2, 0.25) is 0 Å². The van der Waals surface area contributed by atoms with Crippen molar-refractivity contribution in [3.8, 4) is 0 Å². The molecule has 14 heavy (non-hydrogen) atoms. The highest BCUT2D eigenvalue weighted by Crippen LogP contribution is 2.31. The van der Waals surface area contributed by atoms with Gasteiger partial charge in [-0.3, -0.25) is 4.98 Å². The summed E-state index contributed by atoms with van der Waals surface area (Å²) in [6.07, 6.45) is -3.40. The molecule has 78 valence electrons. The minimum absolute atomic E-state index is 0.0469. The number of rotatable bonds is 2. The summed E-state index contributed by atoms with van der Waals surface area (Å²) in [4.78, 5) is 3.26. The molecule has 0 aliphatic rings. The molecule has 1 atom stereocenters. The van der Waals surface area contributed by atoms with Gasteiger partial charge in [0.05, 0.1) is 0 Å². The van der Waals surface area contributed by atoms with Gasteiger partial charge in [0.25, 0.3) is 0 Å². The molecule has 1 aromatic rings. The summed E-state index contributed by atoms with van der Waals surface area (Å²) in [6.45, 7) is -0.0469. The van der Waals surface area contributed by atoms with Crippen molar-refractivity contribution in [3.63, 3.8) is 0 Å². The topological polar surface area (TPSA) is 64.9 Å². The molecule has 0 fully saturated rings. The first-order chi connectivity index (χ1) is 6.46. The summed E-state index contributed by atoms with van der Waals surface area (Å²) < 4.78 is 37.2. The minimum atomic E-state index is -4.48. The third kappa shape index (κ3) is 2.21. The first kappa shape index (κ1) is 10.9. The fraction of sp³-hybridized carbons (Fsp3) is 0.375. The average Bonchev–Trinajstić information content (AvgIpc) is 2.15. The molecule has 0 radical (unpaired) electrons. The van der Waals surface area contributed by atoms with Gasteiger partial charge in [-0.1, -0.05) is 6.07 Å². The van der Waals surface area contributed by atoms with Crippen LogP contribution in [0.15, 0.2) is 18.3 Å². The highest BCUT2D eigenvalue weighted by atomic mass is 19.4. The van der Waals surface area contributed by atoms with Gasteiger partial charge in [-0.25, -0.2) is 0 Å². The van der Waals surface area contributed by atoms with E-state index in [1.54, 1.807) is 0 Å². The molecule has 0 spiro atoms. The Labute approximate surface area is 78.9 Å². The zero-order valence-electron chi connectivity index (χ0n) is 7.25. The van der Waals surface area contributed by atoms with Crippen molar-refractivity contribution in [1.29, 1.82) is 0 Å². The molecule has 0 aliphatic carbocycles. The van der Waals surface area contributed by atoms with Crippen LogP contribution in [0.25, 0.3) is 0 Å². The van der Waals surface area contributed by atoms with E-state index in [9.17, 15) is 13.2 Å². The fourth-order valence-corrected chi connectivity index (χ4v) is 1.08. The van der Waals surface area contributed by atoms with Crippen LogP contribution in [0.3, 0.4) is 0 Å². The molecule has 0 aliphatic heterocycles. The van der Waals surface area contributed by atoms with E-state index >= 15 is 0 Å². The van der Waals surface area contributed by atoms with Crippen molar-refractivity contribution < 1.29 is 13.2 Å². The Kier molecular flexibility index (Phi) is 3.07. The zero-order chi connectivity index (χ0) is 10.8. The normalized spacial score (nSPS) is 14.1. The van der Waals surface area contributed by atoms with E-state index in [4.69, 9.17) is 11.5 Å². The van der Waals surface area contributed by atoms with Crippen molar-refractivity contribution >= 4 is 0 Å². The standard InChI is InChI=1S/C8H10F3N3/c9-8(10,11)7-5(6(13)4-12)2-1-3-14-7/h1-3,6H,4,12-13H2/t6-/m1/s1. The molecule has 4 N–H and O–H groups in total. The maximum Gasteiger partial charge on any atom is 0.433 e. The lowest BCUT2D eigenvalue weighted by atomic mass is 10.1. The van der Waals surface area contributed by atoms with Crippen LogP contribution in [-0.4, -0.2) is 11.5 Å². The summed E-state index contributed by atoms with van der Waals surface area (Å²) >= 11 is 0. The number of pyridine rings is 1. The van der Waals surface area contributed by atoms with E-state index in [1.807, 2.05) is 0 Å². The third-order valence-corrected chi connectivity index (χ3v) is 1.76. The summed E-state index contributed by atoms with van der Waals surface area (Å²) in [5.74, 6) is 0. The molecule has 1 aromatic heterocycles. The van der Waals surface area contributed by atoms with Gasteiger partial charge in [-0.15, -0.1) is 0 Å². The summed E-state index contributed by atoms with van der Waals surface area (Å²) in [7, 11) is 0. The van der Waals surface area contributed by atoms with E-state index in [-0.39, 0.29) is 12.1 Å². The lowest BCUT2D eigenvalue weighted by molar-refractivity contribution is -0.142. The van der Waals surface area contributed by atoms with Crippen molar-refractivity contribution in [1.82, 2.24) is 4.98 Å². The fourth-order valence-electron chi connectivity index (χ4n) is 1.08. The van der Waals surface area contributed by atoms with E-state index in [2.05, 4.69) is 4.98 Å². The smallest absolute Gasteiger partial charge is 0.329 e. The van der Waals surface area contributed by atoms with Crippen LogP contribution in [0.1, 0.15) is 17.3 Å². The Balaban J connectivity index is 3.16. The van der Waals surface area contributed by atoms with Gasteiger partial charge < -0.3 is 11.5 Å². The van der Waals surface area contributed by atoms with Crippen LogP contribution < -0.4 is 11.5 Å². The minimum Gasteiger partial charge on any atom is -0.329 e. The highest BCUT2D eigenvalue weighted by molar-refractivity contribution is 5.25. The van der Waals surface area contributed by atoms with Gasteiger partial charge in [-0.05, 0) is 6.07 Å². The molecule has 0 saturated heterocycles. The van der Waals surface area contributed by atoms with Crippen molar-refractivity contribution in [3.05, 3.63) is 29.6 Å². The molecular formula is C8H10F3N3. The van der Waals surface area contributed by atoms with Crippen LogP contribution in [-0.2, 0) is 6.18 Å². The molecule has 0 aromatic carbocycles. The molecule has 0 bridgehead atoms. The van der Waals surface area contributed by atoms with Gasteiger partial charge in [0.15, 0.2) is 0 Å². The second-order valence-corrected chi connectivity index (χ2v) is 2.78. The van der Waals surface area contributed by atoms with Crippen LogP contribution >= 0.6 is 0 Å². The summed E-state index contributed by atoms with van der Waals surface area (Å²) in [5, 5.41) is 0. The molecular weight excluding hydrogens is 195 g/mol. The Morgan fingerprint density at radius 3 is 2.57 bits per heavy atom. The lowest BCUT2D eigenvalue weighted by Gasteiger charge is -2.15. The van der Waals surface area contributed by atoms with E-state index in [0.717, 1.165) is 6.20 Å². The Morgan fingerprint density at radius 2 is 2.07 bits per heavy atom. The SMILES string of the molecule is NC[C@@H](N)c1cccnc1C(F)(F)F. The number of hydrogen-bond acceptors (Lipinski definition) is 3. The molecule has 1 heterocycles. The maximum absolute atomic E-state index is 12.4. The maximum atomic E-state index is 12.4. The quantitative estimate of drug-likeness (QED) is 0.758. The van der Waals surface area contributed by atoms with Crippen LogP contribution in [0.5, 0.6) is 0 Å². The Bertz CT molecular complexity index is 311. The van der Waals surface area contributed by atoms with Crippen LogP contribution in [0, 0.1) is 0 Å². The van der Waals surface area contributed by atoms with Gasteiger partial charge in [0.1, 0.15) is 5.69 Å². The number of nitrogens with zero attached hydrogens (tertiary/aromatic N) is 1. The number of alkyl halides is 3. The predicted molar refractivity (Wildman–Crippen MR) is 45.2 cm³/mol. The van der Waals surface area contributed by atoms with Crippen LogP contribution in [0.2, 0.25) is 0 Å². The Hall–Kier alpha value is -1.14.